The lowest BCUT2D eigenvalue weighted by Crippen LogP contribution is -2.39. The summed E-state index contributed by atoms with van der Waals surface area (Å²) in [5, 5.41) is 9.78. The van der Waals surface area contributed by atoms with E-state index in [0.717, 1.165) is 12.8 Å². The molecule has 0 aromatic rings. The van der Waals surface area contributed by atoms with Crippen molar-refractivity contribution in [2.45, 2.75) is 52.2 Å². The Labute approximate surface area is 81.3 Å². The van der Waals surface area contributed by atoms with E-state index in [1.807, 2.05) is 0 Å². The second-order valence-corrected chi connectivity index (χ2v) is 5.22. The van der Waals surface area contributed by atoms with Crippen molar-refractivity contribution in [1.29, 1.82) is 0 Å². The maximum atomic E-state index is 9.78. The monoisotopic (exact) mass is 186 g/mol. The molecule has 3 unspecified atom stereocenters. The SMILES string of the molecule is COC1CCC(C(C)(C)C)CC1O. The molecule has 2 nitrogen and oxygen atoms in total. The van der Waals surface area contributed by atoms with Crippen molar-refractivity contribution in [2.24, 2.45) is 11.3 Å². The number of rotatable bonds is 1. The molecule has 1 aliphatic rings. The van der Waals surface area contributed by atoms with Crippen LogP contribution in [0.4, 0.5) is 0 Å². The molecule has 0 heterocycles. The van der Waals surface area contributed by atoms with Crippen LogP contribution < -0.4 is 0 Å². The zero-order valence-electron chi connectivity index (χ0n) is 9.21. The molecule has 78 valence electrons. The van der Waals surface area contributed by atoms with Crippen molar-refractivity contribution >= 4 is 0 Å². The molecule has 1 saturated carbocycles. The van der Waals surface area contributed by atoms with E-state index in [0.29, 0.717) is 11.3 Å². The molecule has 1 fully saturated rings. The minimum absolute atomic E-state index is 0.0681. The quantitative estimate of drug-likeness (QED) is 0.680. The molecule has 0 aromatic heterocycles. The summed E-state index contributed by atoms with van der Waals surface area (Å²) < 4.78 is 5.21. The third-order valence-electron chi connectivity index (χ3n) is 3.28. The van der Waals surface area contributed by atoms with Gasteiger partial charge in [0.1, 0.15) is 0 Å². The van der Waals surface area contributed by atoms with Crippen LogP contribution in [0.15, 0.2) is 0 Å². The Morgan fingerprint density at radius 1 is 1.23 bits per heavy atom. The Morgan fingerprint density at radius 3 is 2.23 bits per heavy atom. The molecule has 3 atom stereocenters. The predicted octanol–water partition coefficient (Wildman–Crippen LogP) is 2.21. The van der Waals surface area contributed by atoms with Crippen molar-refractivity contribution in [3.8, 4) is 0 Å². The van der Waals surface area contributed by atoms with Crippen LogP contribution in [0.2, 0.25) is 0 Å². The zero-order chi connectivity index (χ0) is 10.1. The van der Waals surface area contributed by atoms with Gasteiger partial charge in [-0.2, -0.15) is 0 Å². The number of ether oxygens (including phenoxy) is 1. The van der Waals surface area contributed by atoms with Crippen LogP contribution in [0.1, 0.15) is 40.0 Å². The first-order valence-electron chi connectivity index (χ1n) is 5.16. The summed E-state index contributed by atoms with van der Waals surface area (Å²) in [4.78, 5) is 0. The molecular weight excluding hydrogens is 164 g/mol. The van der Waals surface area contributed by atoms with Crippen molar-refractivity contribution in [1.82, 2.24) is 0 Å². The third-order valence-corrected chi connectivity index (χ3v) is 3.28. The van der Waals surface area contributed by atoms with Gasteiger partial charge in [0.15, 0.2) is 0 Å². The Kier molecular flexibility index (Phi) is 3.36. The molecule has 1 aliphatic carbocycles. The summed E-state index contributed by atoms with van der Waals surface area (Å²) >= 11 is 0. The topological polar surface area (TPSA) is 29.5 Å². The third kappa shape index (κ3) is 2.68. The Bertz CT molecular complexity index is 160. The highest BCUT2D eigenvalue weighted by Gasteiger charge is 2.34. The summed E-state index contributed by atoms with van der Waals surface area (Å²) in [6.45, 7) is 6.74. The van der Waals surface area contributed by atoms with E-state index in [9.17, 15) is 5.11 Å². The molecule has 0 spiro atoms. The summed E-state index contributed by atoms with van der Waals surface area (Å²) in [5.74, 6) is 0.633. The molecule has 1 N–H and O–H groups in total. The summed E-state index contributed by atoms with van der Waals surface area (Å²) in [6, 6.07) is 0. The summed E-state index contributed by atoms with van der Waals surface area (Å²) in [5.41, 5.74) is 0.319. The average molecular weight is 186 g/mol. The number of hydrogen-bond acceptors (Lipinski definition) is 2. The van der Waals surface area contributed by atoms with Crippen LogP contribution in [0.5, 0.6) is 0 Å². The van der Waals surface area contributed by atoms with Crippen LogP contribution in [-0.2, 0) is 4.74 Å². The fourth-order valence-electron chi connectivity index (χ4n) is 2.18. The molecule has 0 bridgehead atoms. The highest BCUT2D eigenvalue weighted by Crippen LogP contribution is 2.38. The standard InChI is InChI=1S/C11H22O2/c1-11(2,3)8-5-6-10(13-4)9(12)7-8/h8-10,12H,5-7H2,1-4H3. The van der Waals surface area contributed by atoms with E-state index in [2.05, 4.69) is 20.8 Å². The molecule has 1 rings (SSSR count). The minimum Gasteiger partial charge on any atom is -0.390 e. The van der Waals surface area contributed by atoms with Crippen LogP contribution in [0.25, 0.3) is 0 Å². The second-order valence-electron chi connectivity index (χ2n) is 5.22. The molecule has 13 heavy (non-hydrogen) atoms. The van der Waals surface area contributed by atoms with Gasteiger partial charge in [-0.1, -0.05) is 20.8 Å². The van der Waals surface area contributed by atoms with E-state index in [4.69, 9.17) is 4.74 Å². The van der Waals surface area contributed by atoms with E-state index < -0.39 is 0 Å². The number of methoxy groups -OCH3 is 1. The number of aliphatic hydroxyl groups is 1. The average Bonchev–Trinajstić information content (AvgIpc) is 2.02. The van der Waals surface area contributed by atoms with Crippen LogP contribution >= 0.6 is 0 Å². The molecule has 0 radical (unpaired) electrons. The summed E-state index contributed by atoms with van der Waals surface area (Å²) in [7, 11) is 1.69. The lowest BCUT2D eigenvalue weighted by atomic mass is 9.71. The maximum Gasteiger partial charge on any atom is 0.0830 e. The first-order valence-corrected chi connectivity index (χ1v) is 5.16. The highest BCUT2D eigenvalue weighted by molar-refractivity contribution is 4.85. The smallest absolute Gasteiger partial charge is 0.0830 e. The van der Waals surface area contributed by atoms with Crippen LogP contribution in [0, 0.1) is 11.3 Å². The Morgan fingerprint density at radius 2 is 1.85 bits per heavy atom. The van der Waals surface area contributed by atoms with Crippen molar-refractivity contribution in [3.63, 3.8) is 0 Å². The lowest BCUT2D eigenvalue weighted by molar-refractivity contribution is -0.0640. The molecule has 2 heteroatoms. The highest BCUT2D eigenvalue weighted by atomic mass is 16.5. The van der Waals surface area contributed by atoms with Crippen molar-refractivity contribution in [3.05, 3.63) is 0 Å². The molecule has 0 aromatic carbocycles. The Hall–Kier alpha value is -0.0800. The van der Waals surface area contributed by atoms with E-state index in [1.54, 1.807) is 7.11 Å². The normalized spacial score (nSPS) is 36.2. The number of hydrogen-bond donors (Lipinski definition) is 1. The zero-order valence-corrected chi connectivity index (χ0v) is 9.21. The van der Waals surface area contributed by atoms with Gasteiger partial charge in [0.2, 0.25) is 0 Å². The van der Waals surface area contributed by atoms with Gasteiger partial charge >= 0.3 is 0 Å². The van der Waals surface area contributed by atoms with Gasteiger partial charge in [-0.05, 0) is 30.6 Å². The minimum atomic E-state index is -0.261. The van der Waals surface area contributed by atoms with Gasteiger partial charge in [-0.3, -0.25) is 0 Å². The fraction of sp³-hybridized carbons (Fsp3) is 1.00. The molecular formula is C11H22O2. The van der Waals surface area contributed by atoms with Gasteiger partial charge in [0, 0.05) is 7.11 Å². The van der Waals surface area contributed by atoms with Gasteiger partial charge < -0.3 is 9.84 Å². The van der Waals surface area contributed by atoms with E-state index >= 15 is 0 Å². The molecule has 0 saturated heterocycles. The van der Waals surface area contributed by atoms with Gasteiger partial charge in [0.25, 0.3) is 0 Å². The maximum absolute atomic E-state index is 9.78. The lowest BCUT2D eigenvalue weighted by Gasteiger charge is -2.39. The predicted molar refractivity (Wildman–Crippen MR) is 53.6 cm³/mol. The largest absolute Gasteiger partial charge is 0.390 e. The van der Waals surface area contributed by atoms with Crippen LogP contribution in [0.3, 0.4) is 0 Å². The van der Waals surface area contributed by atoms with Crippen LogP contribution in [-0.4, -0.2) is 24.4 Å². The molecule has 0 amide bonds. The van der Waals surface area contributed by atoms with E-state index in [-0.39, 0.29) is 12.2 Å². The van der Waals surface area contributed by atoms with Crippen molar-refractivity contribution in [2.75, 3.05) is 7.11 Å². The van der Waals surface area contributed by atoms with Gasteiger partial charge in [-0.15, -0.1) is 0 Å². The first kappa shape index (κ1) is 11.0. The van der Waals surface area contributed by atoms with Gasteiger partial charge in [-0.25, -0.2) is 0 Å². The van der Waals surface area contributed by atoms with Gasteiger partial charge in [0.05, 0.1) is 12.2 Å². The second kappa shape index (κ2) is 3.97. The summed E-state index contributed by atoms with van der Waals surface area (Å²) in [6.07, 6.45) is 2.88. The van der Waals surface area contributed by atoms with Crippen molar-refractivity contribution < 1.29 is 9.84 Å². The fourth-order valence-corrected chi connectivity index (χ4v) is 2.18. The first-order chi connectivity index (χ1) is 5.95. The van der Waals surface area contributed by atoms with E-state index in [1.165, 1.54) is 6.42 Å². The number of aliphatic hydroxyl groups excluding tert-OH is 1. The Balaban J connectivity index is 2.51. The molecule has 0 aliphatic heterocycles.